The molecule has 0 bridgehead atoms. The van der Waals surface area contributed by atoms with E-state index in [-0.39, 0.29) is 23.7 Å². The number of carbonyl (C=O) groups excluding carboxylic acids is 2. The number of carbonyl (C=O) groups is 2. The van der Waals surface area contributed by atoms with Crippen molar-refractivity contribution in [3.63, 3.8) is 0 Å². The second-order valence-electron chi connectivity index (χ2n) is 8.83. The summed E-state index contributed by atoms with van der Waals surface area (Å²) in [5.41, 5.74) is 7.12. The van der Waals surface area contributed by atoms with E-state index in [1.807, 2.05) is 18.7 Å². The van der Waals surface area contributed by atoms with Crippen LogP contribution in [0, 0.1) is 18.2 Å². The summed E-state index contributed by atoms with van der Waals surface area (Å²) in [7, 11) is 0. The van der Waals surface area contributed by atoms with Gasteiger partial charge in [-0.2, -0.15) is 0 Å². The Morgan fingerprint density at radius 1 is 1.32 bits per heavy atom. The minimum atomic E-state index is -0.790. The highest BCUT2D eigenvalue weighted by atomic mass is 19.1. The fraction of sp³-hybridized carbons (Fsp3) is 0.591. The highest BCUT2D eigenvalue weighted by Gasteiger charge is 2.37. The number of amides is 2. The predicted octanol–water partition coefficient (Wildman–Crippen LogP) is 3.07. The van der Waals surface area contributed by atoms with Gasteiger partial charge in [0, 0.05) is 30.6 Å². The Balaban J connectivity index is 1.61. The van der Waals surface area contributed by atoms with Gasteiger partial charge in [-0.3, -0.25) is 9.59 Å². The van der Waals surface area contributed by atoms with Crippen molar-refractivity contribution >= 4 is 17.5 Å². The maximum Gasteiger partial charge on any atom is 0.241 e. The van der Waals surface area contributed by atoms with Crippen molar-refractivity contribution in [2.75, 3.05) is 18.0 Å². The Morgan fingerprint density at radius 3 is 2.71 bits per heavy atom. The molecule has 0 spiro atoms. The van der Waals surface area contributed by atoms with E-state index in [2.05, 4.69) is 5.32 Å². The molecule has 1 aliphatic heterocycles. The van der Waals surface area contributed by atoms with E-state index < -0.39 is 11.9 Å². The molecule has 6 heteroatoms. The molecule has 0 aromatic heterocycles. The quantitative estimate of drug-likeness (QED) is 0.754. The van der Waals surface area contributed by atoms with Crippen LogP contribution in [0.4, 0.5) is 10.1 Å². The lowest BCUT2D eigenvalue weighted by atomic mass is 9.86. The second kappa shape index (κ2) is 8.50. The molecule has 2 amide bonds. The standard InChI is InChI=1S/C22H31FN3O2/c1-22(2)14-26(19-10-9-16(23)12-17(19)22)13-18(21(24)28)25-20(27)11-8-15-6-4-3-5-7-15/h9-12,15,18H,3-8,13-14H2,1-2H3,(H2,24,28)(H,25,27). The Labute approximate surface area is 166 Å². The molecule has 1 fully saturated rings. The molecule has 1 unspecified atom stereocenters. The van der Waals surface area contributed by atoms with E-state index in [9.17, 15) is 14.0 Å². The summed E-state index contributed by atoms with van der Waals surface area (Å²) < 4.78 is 13.7. The van der Waals surface area contributed by atoms with Crippen molar-refractivity contribution in [3.05, 3.63) is 36.0 Å². The van der Waals surface area contributed by atoms with Gasteiger partial charge in [-0.1, -0.05) is 46.0 Å². The molecule has 1 aromatic rings. The van der Waals surface area contributed by atoms with Crippen LogP contribution in [-0.2, 0) is 15.0 Å². The summed E-state index contributed by atoms with van der Waals surface area (Å²) in [5, 5.41) is 2.77. The van der Waals surface area contributed by atoms with Gasteiger partial charge in [-0.15, -0.1) is 0 Å². The molecule has 1 saturated carbocycles. The SMILES string of the molecule is CC1(C)CN(CC(NC(=O)[CH]CC2CCCCC2)C(N)=O)c2ccc(F)cc21. The van der Waals surface area contributed by atoms with Gasteiger partial charge in [-0.05, 0) is 36.1 Å². The summed E-state index contributed by atoms with van der Waals surface area (Å²) in [6.45, 7) is 5.00. The van der Waals surface area contributed by atoms with Crippen molar-refractivity contribution in [2.45, 2.75) is 63.8 Å². The van der Waals surface area contributed by atoms with Crippen LogP contribution in [0.25, 0.3) is 0 Å². The molecule has 3 N–H and O–H groups in total. The molecular formula is C22H31FN3O2. The first-order valence-electron chi connectivity index (χ1n) is 10.2. The van der Waals surface area contributed by atoms with Gasteiger partial charge in [0.15, 0.2) is 0 Å². The molecule has 1 aromatic carbocycles. The largest absolute Gasteiger partial charge is 0.368 e. The van der Waals surface area contributed by atoms with Gasteiger partial charge in [0.1, 0.15) is 11.9 Å². The molecular weight excluding hydrogens is 357 g/mol. The lowest BCUT2D eigenvalue weighted by Crippen LogP contribution is -2.51. The Morgan fingerprint density at radius 2 is 2.04 bits per heavy atom. The van der Waals surface area contributed by atoms with E-state index in [1.54, 1.807) is 18.6 Å². The first kappa shape index (κ1) is 20.6. The number of nitrogens with zero attached hydrogens (tertiary/aromatic N) is 1. The minimum absolute atomic E-state index is 0.239. The average Bonchev–Trinajstić information content (AvgIpc) is 2.90. The number of halogens is 1. The van der Waals surface area contributed by atoms with Crippen LogP contribution in [0.5, 0.6) is 0 Å². The van der Waals surface area contributed by atoms with Gasteiger partial charge in [0.2, 0.25) is 11.8 Å². The van der Waals surface area contributed by atoms with E-state index >= 15 is 0 Å². The van der Waals surface area contributed by atoms with Gasteiger partial charge >= 0.3 is 0 Å². The molecule has 153 valence electrons. The summed E-state index contributed by atoms with van der Waals surface area (Å²) in [4.78, 5) is 26.3. The van der Waals surface area contributed by atoms with Crippen molar-refractivity contribution in [1.82, 2.24) is 5.32 Å². The maximum atomic E-state index is 13.7. The molecule has 28 heavy (non-hydrogen) atoms. The number of nitrogens with two attached hydrogens (primary N) is 1. The topological polar surface area (TPSA) is 75.4 Å². The van der Waals surface area contributed by atoms with Crippen LogP contribution in [-0.4, -0.2) is 30.9 Å². The van der Waals surface area contributed by atoms with E-state index in [1.165, 1.54) is 38.2 Å². The molecule has 1 heterocycles. The number of fused-ring (bicyclic) bond motifs is 1. The number of anilines is 1. The third kappa shape index (κ3) is 4.83. The maximum absolute atomic E-state index is 13.7. The molecule has 3 rings (SSSR count). The highest BCUT2D eigenvalue weighted by molar-refractivity contribution is 5.91. The Bertz CT molecular complexity index is 728. The zero-order valence-corrected chi connectivity index (χ0v) is 16.8. The number of primary amides is 1. The first-order valence-corrected chi connectivity index (χ1v) is 10.2. The zero-order chi connectivity index (χ0) is 20.3. The van der Waals surface area contributed by atoms with Gasteiger partial charge < -0.3 is 16.0 Å². The van der Waals surface area contributed by atoms with Gasteiger partial charge in [0.25, 0.3) is 0 Å². The van der Waals surface area contributed by atoms with Crippen LogP contribution >= 0.6 is 0 Å². The lowest BCUT2D eigenvalue weighted by Gasteiger charge is -2.27. The zero-order valence-electron chi connectivity index (χ0n) is 16.8. The van der Waals surface area contributed by atoms with Crippen molar-refractivity contribution < 1.29 is 14.0 Å². The fourth-order valence-electron chi connectivity index (χ4n) is 4.49. The van der Waals surface area contributed by atoms with Crippen LogP contribution < -0.4 is 16.0 Å². The molecule has 2 aliphatic rings. The van der Waals surface area contributed by atoms with Gasteiger partial charge in [-0.25, -0.2) is 4.39 Å². The Kier molecular flexibility index (Phi) is 6.26. The summed E-state index contributed by atoms with van der Waals surface area (Å²) in [6, 6.07) is 3.91. The third-order valence-electron chi connectivity index (χ3n) is 6.04. The van der Waals surface area contributed by atoms with Crippen molar-refractivity contribution in [2.24, 2.45) is 11.7 Å². The van der Waals surface area contributed by atoms with Crippen LogP contribution in [0.3, 0.4) is 0 Å². The smallest absolute Gasteiger partial charge is 0.241 e. The molecule has 1 aliphatic carbocycles. The number of hydrogen-bond acceptors (Lipinski definition) is 3. The monoisotopic (exact) mass is 388 g/mol. The number of benzene rings is 1. The highest BCUT2D eigenvalue weighted by Crippen LogP contribution is 2.40. The predicted molar refractivity (Wildman–Crippen MR) is 108 cm³/mol. The summed E-state index contributed by atoms with van der Waals surface area (Å²) in [6.07, 6.45) is 8.48. The van der Waals surface area contributed by atoms with E-state index in [4.69, 9.17) is 5.73 Å². The van der Waals surface area contributed by atoms with Crippen molar-refractivity contribution in [1.29, 1.82) is 0 Å². The van der Waals surface area contributed by atoms with E-state index in [0.29, 0.717) is 12.5 Å². The minimum Gasteiger partial charge on any atom is -0.368 e. The Hall–Kier alpha value is -2.11. The average molecular weight is 389 g/mol. The summed E-state index contributed by atoms with van der Waals surface area (Å²) >= 11 is 0. The lowest BCUT2D eigenvalue weighted by molar-refractivity contribution is -0.125. The fourth-order valence-corrected chi connectivity index (χ4v) is 4.49. The van der Waals surface area contributed by atoms with Crippen LogP contribution in [0.1, 0.15) is 57.9 Å². The summed E-state index contributed by atoms with van der Waals surface area (Å²) in [5.74, 6) is -0.515. The number of hydrogen-bond donors (Lipinski definition) is 2. The van der Waals surface area contributed by atoms with Crippen LogP contribution in [0.2, 0.25) is 0 Å². The second-order valence-corrected chi connectivity index (χ2v) is 8.83. The van der Waals surface area contributed by atoms with Gasteiger partial charge in [0.05, 0.1) is 0 Å². The molecule has 1 atom stereocenters. The van der Waals surface area contributed by atoms with Crippen LogP contribution in [0.15, 0.2) is 18.2 Å². The number of rotatable bonds is 7. The first-order chi connectivity index (χ1) is 13.3. The normalized spacial score (nSPS) is 19.9. The molecule has 1 radical (unpaired) electrons. The third-order valence-corrected chi connectivity index (χ3v) is 6.04. The molecule has 5 nitrogen and oxygen atoms in total. The van der Waals surface area contributed by atoms with E-state index in [0.717, 1.165) is 17.7 Å². The van der Waals surface area contributed by atoms with Crippen molar-refractivity contribution in [3.8, 4) is 0 Å². The molecule has 0 saturated heterocycles. The number of nitrogens with one attached hydrogen (secondary N) is 1.